The summed E-state index contributed by atoms with van der Waals surface area (Å²) in [5.74, 6) is 0.719. The summed E-state index contributed by atoms with van der Waals surface area (Å²) in [6.45, 7) is 9.11. The molecule has 0 radical (unpaired) electrons. The fourth-order valence-corrected chi connectivity index (χ4v) is 3.41. The normalized spacial score (nSPS) is 27.6. The van der Waals surface area contributed by atoms with Crippen molar-refractivity contribution < 1.29 is 9.53 Å². The second-order valence-corrected chi connectivity index (χ2v) is 6.68. The summed E-state index contributed by atoms with van der Waals surface area (Å²) < 4.78 is 5.51. The summed E-state index contributed by atoms with van der Waals surface area (Å²) >= 11 is 0. The average Bonchev–Trinajstić information content (AvgIpc) is 2.88. The molecule has 0 aromatic carbocycles. The molecule has 1 saturated carbocycles. The van der Waals surface area contributed by atoms with Crippen LogP contribution < -0.4 is 11.1 Å². The van der Waals surface area contributed by atoms with Gasteiger partial charge in [0.15, 0.2) is 0 Å². The number of halogens is 2. The second kappa shape index (κ2) is 9.93. The van der Waals surface area contributed by atoms with E-state index >= 15 is 0 Å². The number of amides is 1. The largest absolute Gasteiger partial charge is 0.378 e. The summed E-state index contributed by atoms with van der Waals surface area (Å²) in [6.07, 6.45) is 3.23. The molecular formula is C15H31Cl2N3O2. The zero-order valence-electron chi connectivity index (χ0n) is 13.7. The summed E-state index contributed by atoms with van der Waals surface area (Å²) in [5.41, 5.74) is 5.81. The van der Waals surface area contributed by atoms with Gasteiger partial charge in [-0.1, -0.05) is 6.42 Å². The molecule has 2 aliphatic rings. The van der Waals surface area contributed by atoms with Crippen LogP contribution in [0.15, 0.2) is 0 Å². The van der Waals surface area contributed by atoms with E-state index in [4.69, 9.17) is 10.5 Å². The van der Waals surface area contributed by atoms with Crippen molar-refractivity contribution in [2.75, 3.05) is 39.4 Å². The maximum Gasteiger partial charge on any atom is 0.223 e. The van der Waals surface area contributed by atoms with Gasteiger partial charge in [-0.3, -0.25) is 9.69 Å². The van der Waals surface area contributed by atoms with E-state index in [0.29, 0.717) is 12.5 Å². The third-order valence-corrected chi connectivity index (χ3v) is 4.80. The Bertz CT molecular complexity index is 343. The van der Waals surface area contributed by atoms with Crippen molar-refractivity contribution >= 4 is 30.7 Å². The lowest BCUT2D eigenvalue weighted by atomic mass is 9.95. The fourth-order valence-electron chi connectivity index (χ4n) is 3.41. The summed E-state index contributed by atoms with van der Waals surface area (Å²) in [7, 11) is 0. The second-order valence-electron chi connectivity index (χ2n) is 6.68. The Kier molecular flexibility index (Phi) is 9.90. The lowest BCUT2D eigenvalue weighted by molar-refractivity contribution is -0.126. The van der Waals surface area contributed by atoms with Crippen LogP contribution in [0.4, 0.5) is 0 Å². The van der Waals surface area contributed by atoms with E-state index in [1.807, 2.05) is 0 Å². The molecule has 1 heterocycles. The van der Waals surface area contributed by atoms with Gasteiger partial charge in [-0.05, 0) is 39.2 Å². The molecule has 5 nitrogen and oxygen atoms in total. The van der Waals surface area contributed by atoms with E-state index in [9.17, 15) is 4.79 Å². The molecule has 2 fully saturated rings. The van der Waals surface area contributed by atoms with Crippen LogP contribution >= 0.6 is 24.8 Å². The summed E-state index contributed by atoms with van der Waals surface area (Å²) in [4.78, 5) is 14.6. The number of nitrogens with zero attached hydrogens (tertiary/aromatic N) is 1. The maximum atomic E-state index is 12.2. The zero-order valence-corrected chi connectivity index (χ0v) is 15.3. The minimum Gasteiger partial charge on any atom is -0.378 e. The zero-order chi connectivity index (χ0) is 14.6. The van der Waals surface area contributed by atoms with Crippen molar-refractivity contribution in [3.63, 3.8) is 0 Å². The van der Waals surface area contributed by atoms with Gasteiger partial charge in [0.05, 0.1) is 13.2 Å². The van der Waals surface area contributed by atoms with Crippen molar-refractivity contribution in [3.05, 3.63) is 0 Å². The number of hydrogen-bond donors (Lipinski definition) is 2. The number of carbonyl (C=O) groups excluding carboxylic acids is 1. The lowest BCUT2D eigenvalue weighted by Crippen LogP contribution is -2.55. The smallest absolute Gasteiger partial charge is 0.223 e. The van der Waals surface area contributed by atoms with Gasteiger partial charge in [0, 0.05) is 31.1 Å². The standard InChI is InChI=1S/C15H29N3O2.2ClH/c1-15(2)11-20-9-8-18(15)7-6-17-14(19)13-5-3-4-12(13)10-16;;/h12-13H,3-11,16H2,1-2H3,(H,17,19);2*1H/t12-,13-;;/m1../s1. The highest BCUT2D eigenvalue weighted by Gasteiger charge is 2.33. The molecule has 0 spiro atoms. The molecule has 22 heavy (non-hydrogen) atoms. The van der Waals surface area contributed by atoms with Gasteiger partial charge >= 0.3 is 0 Å². The highest BCUT2D eigenvalue weighted by Crippen LogP contribution is 2.30. The predicted octanol–water partition coefficient (Wildman–Crippen LogP) is 1.43. The lowest BCUT2D eigenvalue weighted by Gasteiger charge is -2.42. The van der Waals surface area contributed by atoms with Crippen LogP contribution in [-0.4, -0.2) is 55.7 Å². The Morgan fingerprint density at radius 1 is 1.36 bits per heavy atom. The Hall–Kier alpha value is -0.0700. The van der Waals surface area contributed by atoms with Crippen LogP contribution in [0.2, 0.25) is 0 Å². The molecule has 0 aromatic heterocycles. The van der Waals surface area contributed by atoms with Gasteiger partial charge < -0.3 is 15.8 Å². The van der Waals surface area contributed by atoms with Gasteiger partial charge in [0.1, 0.15) is 0 Å². The van der Waals surface area contributed by atoms with Gasteiger partial charge in [0.2, 0.25) is 5.91 Å². The Labute approximate surface area is 146 Å². The molecule has 2 rings (SSSR count). The minimum atomic E-state index is 0. The van der Waals surface area contributed by atoms with E-state index in [-0.39, 0.29) is 42.2 Å². The highest BCUT2D eigenvalue weighted by atomic mass is 35.5. The van der Waals surface area contributed by atoms with E-state index in [1.165, 1.54) is 0 Å². The number of morpholine rings is 1. The van der Waals surface area contributed by atoms with Crippen LogP contribution in [0.1, 0.15) is 33.1 Å². The van der Waals surface area contributed by atoms with Gasteiger partial charge in [-0.2, -0.15) is 0 Å². The SMILES string of the molecule is CC1(C)COCCN1CCNC(=O)[C@@H]1CCC[C@@H]1CN.Cl.Cl. The van der Waals surface area contributed by atoms with Crippen LogP contribution in [0.3, 0.4) is 0 Å². The third-order valence-electron chi connectivity index (χ3n) is 4.80. The molecular weight excluding hydrogens is 325 g/mol. The number of nitrogens with two attached hydrogens (primary N) is 1. The first kappa shape index (κ1) is 21.9. The monoisotopic (exact) mass is 355 g/mol. The topological polar surface area (TPSA) is 67.6 Å². The molecule has 0 bridgehead atoms. The number of nitrogens with one attached hydrogen (secondary N) is 1. The molecule has 0 aromatic rings. The first-order chi connectivity index (χ1) is 9.54. The number of carbonyl (C=O) groups is 1. The highest BCUT2D eigenvalue weighted by molar-refractivity contribution is 5.85. The van der Waals surface area contributed by atoms with Crippen molar-refractivity contribution in [3.8, 4) is 0 Å². The maximum absolute atomic E-state index is 12.2. The molecule has 1 aliphatic carbocycles. The van der Waals surface area contributed by atoms with Crippen molar-refractivity contribution in [2.24, 2.45) is 17.6 Å². The van der Waals surface area contributed by atoms with Crippen molar-refractivity contribution in [2.45, 2.75) is 38.6 Å². The Morgan fingerprint density at radius 3 is 2.73 bits per heavy atom. The van der Waals surface area contributed by atoms with Gasteiger partial charge in [-0.15, -0.1) is 24.8 Å². The fraction of sp³-hybridized carbons (Fsp3) is 0.933. The van der Waals surface area contributed by atoms with Crippen molar-refractivity contribution in [1.82, 2.24) is 10.2 Å². The summed E-state index contributed by atoms with van der Waals surface area (Å²) in [5, 5.41) is 3.10. The molecule has 7 heteroatoms. The van der Waals surface area contributed by atoms with Gasteiger partial charge in [0.25, 0.3) is 0 Å². The average molecular weight is 356 g/mol. The predicted molar refractivity (Wildman–Crippen MR) is 93.9 cm³/mol. The molecule has 0 unspecified atom stereocenters. The van der Waals surface area contributed by atoms with E-state index < -0.39 is 0 Å². The summed E-state index contributed by atoms with van der Waals surface area (Å²) in [6, 6.07) is 0. The van der Waals surface area contributed by atoms with Crippen LogP contribution in [0.5, 0.6) is 0 Å². The molecule has 1 saturated heterocycles. The quantitative estimate of drug-likeness (QED) is 0.782. The molecule has 2 atom stereocenters. The van der Waals surface area contributed by atoms with Crippen LogP contribution in [0.25, 0.3) is 0 Å². The van der Waals surface area contributed by atoms with Crippen molar-refractivity contribution in [1.29, 1.82) is 0 Å². The third kappa shape index (κ3) is 5.53. The van der Waals surface area contributed by atoms with E-state index in [2.05, 4.69) is 24.1 Å². The van der Waals surface area contributed by atoms with E-state index in [1.54, 1.807) is 0 Å². The van der Waals surface area contributed by atoms with E-state index in [0.717, 1.165) is 52.1 Å². The Morgan fingerprint density at radius 2 is 2.09 bits per heavy atom. The minimum absolute atomic E-state index is 0. The van der Waals surface area contributed by atoms with Crippen LogP contribution in [0, 0.1) is 11.8 Å². The Balaban J connectivity index is 0.00000220. The molecule has 1 amide bonds. The number of ether oxygens (including phenoxy) is 1. The molecule has 1 aliphatic heterocycles. The number of hydrogen-bond acceptors (Lipinski definition) is 4. The van der Waals surface area contributed by atoms with Crippen LogP contribution in [-0.2, 0) is 9.53 Å². The molecule has 132 valence electrons. The number of rotatable bonds is 5. The van der Waals surface area contributed by atoms with Gasteiger partial charge in [-0.25, -0.2) is 0 Å². The molecule has 3 N–H and O–H groups in total. The first-order valence-corrected chi connectivity index (χ1v) is 7.85. The first-order valence-electron chi connectivity index (χ1n) is 7.85.